The third-order valence-corrected chi connectivity index (χ3v) is 6.68. The number of primary amides is 1. The van der Waals surface area contributed by atoms with E-state index in [9.17, 15) is 9.59 Å². The molecule has 184 valence electrons. The molecule has 36 heavy (non-hydrogen) atoms. The lowest BCUT2D eigenvalue weighted by Gasteiger charge is -2.43. The van der Waals surface area contributed by atoms with Crippen molar-refractivity contribution in [2.45, 2.75) is 51.2 Å². The number of nitrogens with one attached hydrogen (secondary N) is 1. The summed E-state index contributed by atoms with van der Waals surface area (Å²) >= 11 is 0. The second-order valence-corrected chi connectivity index (χ2v) is 10.4. The van der Waals surface area contributed by atoms with Gasteiger partial charge in [-0.05, 0) is 69.4 Å². The molecule has 1 fully saturated rings. The fourth-order valence-electron chi connectivity index (χ4n) is 4.80. The van der Waals surface area contributed by atoms with Crippen molar-refractivity contribution in [3.05, 3.63) is 83.9 Å². The number of rotatable bonds is 5. The van der Waals surface area contributed by atoms with Crippen LogP contribution in [0.4, 0.5) is 4.79 Å². The van der Waals surface area contributed by atoms with E-state index in [1.54, 1.807) is 12.1 Å². The summed E-state index contributed by atoms with van der Waals surface area (Å²) in [5.74, 6) is 0.218. The van der Waals surface area contributed by atoms with E-state index in [4.69, 9.17) is 14.9 Å². The highest BCUT2D eigenvalue weighted by atomic mass is 16.6. The lowest BCUT2D eigenvalue weighted by Crippen LogP contribution is -2.52. The minimum atomic E-state index is -0.553. The summed E-state index contributed by atoms with van der Waals surface area (Å²) in [6.07, 6.45) is 2.37. The molecule has 1 aliphatic rings. The van der Waals surface area contributed by atoms with Crippen LogP contribution in [0.25, 0.3) is 33.4 Å². The number of carbonyl (C=O) groups is 2. The highest BCUT2D eigenvalue weighted by molar-refractivity contribution is 6.04. The normalized spacial score (nSPS) is 14.8. The number of furan rings is 1. The first-order valence-corrected chi connectivity index (χ1v) is 12.2. The first kappa shape index (κ1) is 23.7. The number of amides is 2. The maximum absolute atomic E-state index is 12.5. The molecule has 0 saturated heterocycles. The van der Waals surface area contributed by atoms with E-state index in [-0.39, 0.29) is 0 Å². The Labute approximate surface area is 210 Å². The molecule has 3 aromatic carbocycles. The van der Waals surface area contributed by atoms with Gasteiger partial charge in [0, 0.05) is 22.1 Å². The summed E-state index contributed by atoms with van der Waals surface area (Å²) in [7, 11) is 0. The number of alkyl carbamates (subject to hydrolysis) is 1. The average Bonchev–Trinajstić information content (AvgIpc) is 3.20. The van der Waals surface area contributed by atoms with Gasteiger partial charge in [0.2, 0.25) is 5.91 Å². The Morgan fingerprint density at radius 1 is 0.944 bits per heavy atom. The van der Waals surface area contributed by atoms with Crippen molar-refractivity contribution in [3.8, 4) is 22.5 Å². The third-order valence-electron chi connectivity index (χ3n) is 6.68. The molecule has 6 nitrogen and oxygen atoms in total. The van der Waals surface area contributed by atoms with E-state index < -0.39 is 23.1 Å². The fourth-order valence-corrected chi connectivity index (χ4v) is 4.80. The quantitative estimate of drug-likeness (QED) is 0.328. The summed E-state index contributed by atoms with van der Waals surface area (Å²) in [6.45, 7) is 5.58. The van der Waals surface area contributed by atoms with Gasteiger partial charge < -0.3 is 20.2 Å². The van der Waals surface area contributed by atoms with E-state index >= 15 is 0 Å². The predicted molar refractivity (Wildman–Crippen MR) is 141 cm³/mol. The van der Waals surface area contributed by atoms with Gasteiger partial charge in [-0.3, -0.25) is 4.79 Å². The largest absolute Gasteiger partial charge is 0.455 e. The van der Waals surface area contributed by atoms with Gasteiger partial charge in [0.05, 0.1) is 5.54 Å². The number of carbonyl (C=O) groups excluding carboxylic acids is 2. The number of nitrogens with two attached hydrogens (primary N) is 1. The standard InChI is InChI=1S/C30H30N2O4/c1-29(2,3)36-28(34)32-30(16-7-17-30)22-13-10-20(11-14-22)26-25(19-8-5-4-6-9-19)23-15-12-21(27(31)33)18-24(23)35-26/h4-6,8-15,18H,7,16-17H2,1-3H3,(H2,31,33)(H,32,34). The summed E-state index contributed by atoms with van der Waals surface area (Å²) < 4.78 is 11.8. The van der Waals surface area contributed by atoms with Crippen LogP contribution in [0.3, 0.4) is 0 Å². The Morgan fingerprint density at radius 3 is 2.22 bits per heavy atom. The van der Waals surface area contributed by atoms with Crippen LogP contribution >= 0.6 is 0 Å². The highest BCUT2D eigenvalue weighted by Crippen LogP contribution is 2.44. The van der Waals surface area contributed by atoms with Crippen LogP contribution in [-0.2, 0) is 10.3 Å². The molecule has 3 N–H and O–H groups in total. The van der Waals surface area contributed by atoms with Gasteiger partial charge >= 0.3 is 6.09 Å². The van der Waals surface area contributed by atoms with Crippen molar-refractivity contribution in [1.29, 1.82) is 0 Å². The molecule has 0 bridgehead atoms. The van der Waals surface area contributed by atoms with Crippen LogP contribution in [0, 0.1) is 0 Å². The van der Waals surface area contributed by atoms with Gasteiger partial charge in [-0.15, -0.1) is 0 Å². The van der Waals surface area contributed by atoms with Crippen LogP contribution in [0.5, 0.6) is 0 Å². The van der Waals surface area contributed by atoms with E-state index in [1.807, 2.05) is 81.4 Å². The Bertz CT molecular complexity index is 1430. The SMILES string of the molecule is CC(C)(C)OC(=O)NC1(c2ccc(-c3oc4cc(C(N)=O)ccc4c3-c3ccccc3)cc2)CCC1. The second-order valence-electron chi connectivity index (χ2n) is 10.4. The van der Waals surface area contributed by atoms with Crippen LogP contribution in [0.15, 0.2) is 77.2 Å². The zero-order valence-corrected chi connectivity index (χ0v) is 20.8. The van der Waals surface area contributed by atoms with Crippen molar-refractivity contribution in [1.82, 2.24) is 5.32 Å². The average molecular weight is 483 g/mol. The summed E-state index contributed by atoms with van der Waals surface area (Å²) in [5, 5.41) is 4.02. The molecule has 1 aliphatic carbocycles. The van der Waals surface area contributed by atoms with Gasteiger partial charge in [-0.25, -0.2) is 4.79 Å². The van der Waals surface area contributed by atoms with Crippen molar-refractivity contribution >= 4 is 23.0 Å². The summed E-state index contributed by atoms with van der Waals surface area (Å²) in [5.41, 5.74) is 9.44. The number of fused-ring (bicyclic) bond motifs is 1. The van der Waals surface area contributed by atoms with Crippen LogP contribution in [0.2, 0.25) is 0 Å². The van der Waals surface area contributed by atoms with E-state index in [2.05, 4.69) is 5.32 Å². The van der Waals surface area contributed by atoms with Gasteiger partial charge in [0.1, 0.15) is 16.9 Å². The lowest BCUT2D eigenvalue weighted by molar-refractivity contribution is 0.0377. The fraction of sp³-hybridized carbons (Fsp3) is 0.267. The highest BCUT2D eigenvalue weighted by Gasteiger charge is 2.41. The Morgan fingerprint density at radius 2 is 1.64 bits per heavy atom. The number of benzene rings is 3. The van der Waals surface area contributed by atoms with Gasteiger partial charge in [0.25, 0.3) is 0 Å². The molecular formula is C30H30N2O4. The monoisotopic (exact) mass is 482 g/mol. The van der Waals surface area contributed by atoms with Gasteiger partial charge in [-0.1, -0.05) is 54.6 Å². The first-order valence-electron chi connectivity index (χ1n) is 12.2. The number of ether oxygens (including phenoxy) is 1. The molecule has 1 heterocycles. The van der Waals surface area contributed by atoms with Crippen LogP contribution < -0.4 is 11.1 Å². The summed E-state index contributed by atoms with van der Waals surface area (Å²) in [4.78, 5) is 24.3. The van der Waals surface area contributed by atoms with Crippen molar-refractivity contribution in [2.75, 3.05) is 0 Å². The Hall–Kier alpha value is -4.06. The third kappa shape index (κ3) is 4.47. The van der Waals surface area contributed by atoms with Gasteiger partial charge in [-0.2, -0.15) is 0 Å². The molecule has 0 atom stereocenters. The van der Waals surface area contributed by atoms with Crippen molar-refractivity contribution < 1.29 is 18.7 Å². The maximum Gasteiger partial charge on any atom is 0.408 e. The smallest absolute Gasteiger partial charge is 0.408 e. The molecule has 2 amide bonds. The molecule has 6 heteroatoms. The molecule has 5 rings (SSSR count). The van der Waals surface area contributed by atoms with Gasteiger partial charge in [0.15, 0.2) is 0 Å². The second kappa shape index (κ2) is 8.86. The van der Waals surface area contributed by atoms with E-state index in [1.165, 1.54) is 0 Å². The predicted octanol–water partition coefficient (Wildman–Crippen LogP) is 6.77. The Balaban J connectivity index is 1.53. The minimum Gasteiger partial charge on any atom is -0.455 e. The molecule has 0 unspecified atom stereocenters. The zero-order valence-electron chi connectivity index (χ0n) is 20.8. The molecule has 1 saturated carbocycles. The molecule has 0 radical (unpaired) electrons. The van der Waals surface area contributed by atoms with E-state index in [0.29, 0.717) is 16.9 Å². The zero-order chi connectivity index (χ0) is 25.5. The van der Waals surface area contributed by atoms with Crippen LogP contribution in [-0.4, -0.2) is 17.6 Å². The molecule has 0 spiro atoms. The number of hydrogen-bond donors (Lipinski definition) is 2. The maximum atomic E-state index is 12.5. The van der Waals surface area contributed by atoms with Crippen LogP contribution in [0.1, 0.15) is 56.0 Å². The van der Waals surface area contributed by atoms with Crippen molar-refractivity contribution in [2.24, 2.45) is 5.73 Å². The summed E-state index contributed by atoms with van der Waals surface area (Å²) in [6, 6.07) is 23.5. The minimum absolute atomic E-state index is 0.401. The topological polar surface area (TPSA) is 94.6 Å². The molecule has 4 aromatic rings. The molecular weight excluding hydrogens is 452 g/mol. The van der Waals surface area contributed by atoms with Crippen molar-refractivity contribution in [3.63, 3.8) is 0 Å². The Kier molecular flexibility index (Phi) is 5.83. The first-order chi connectivity index (χ1) is 17.2. The molecule has 0 aliphatic heterocycles. The molecule has 1 aromatic heterocycles. The number of hydrogen-bond acceptors (Lipinski definition) is 4. The van der Waals surface area contributed by atoms with E-state index in [0.717, 1.165) is 46.9 Å². The lowest BCUT2D eigenvalue weighted by atomic mass is 9.71.